The van der Waals surface area contributed by atoms with Crippen LogP contribution in [0.3, 0.4) is 0 Å². The predicted molar refractivity (Wildman–Crippen MR) is 128 cm³/mol. The predicted octanol–water partition coefficient (Wildman–Crippen LogP) is 2.90. The van der Waals surface area contributed by atoms with Gasteiger partial charge >= 0.3 is 0 Å². The number of benzene rings is 1. The van der Waals surface area contributed by atoms with Crippen molar-refractivity contribution in [1.82, 2.24) is 14.4 Å². The first-order valence-corrected chi connectivity index (χ1v) is 12.0. The van der Waals surface area contributed by atoms with Crippen LogP contribution in [0.1, 0.15) is 44.7 Å². The van der Waals surface area contributed by atoms with Crippen molar-refractivity contribution < 1.29 is 9.59 Å². The first-order chi connectivity index (χ1) is 15.9. The normalized spacial score (nSPS) is 23.2. The van der Waals surface area contributed by atoms with Gasteiger partial charge in [-0.05, 0) is 48.9 Å². The fraction of sp³-hybridized carbons (Fsp3) is 0.500. The summed E-state index contributed by atoms with van der Waals surface area (Å²) in [5.41, 5.74) is 4.19. The Labute approximate surface area is 194 Å². The van der Waals surface area contributed by atoms with Crippen molar-refractivity contribution >= 4 is 17.5 Å². The number of hydrogen-bond donors (Lipinski definition) is 1. The lowest BCUT2D eigenvalue weighted by molar-refractivity contribution is -0.130. The third-order valence-electron chi connectivity index (χ3n) is 7.56. The first-order valence-electron chi connectivity index (χ1n) is 12.0. The molecule has 2 bridgehead atoms. The summed E-state index contributed by atoms with van der Waals surface area (Å²) in [4.78, 5) is 40.5. The van der Waals surface area contributed by atoms with Crippen LogP contribution < -0.4 is 10.9 Å². The minimum absolute atomic E-state index is 0.0848. The molecule has 7 nitrogen and oxygen atoms in total. The Kier molecular flexibility index (Phi) is 5.83. The number of carbonyl (C=O) groups excluding carboxylic acids is 2. The van der Waals surface area contributed by atoms with Crippen LogP contribution in [0, 0.1) is 5.92 Å². The van der Waals surface area contributed by atoms with Gasteiger partial charge in [0.15, 0.2) is 0 Å². The molecule has 2 aromatic rings. The van der Waals surface area contributed by atoms with E-state index in [4.69, 9.17) is 0 Å². The molecule has 3 aliphatic rings. The molecular formula is C26H32N4O3. The van der Waals surface area contributed by atoms with Gasteiger partial charge in [0.2, 0.25) is 11.8 Å². The Morgan fingerprint density at radius 3 is 2.33 bits per heavy atom. The number of likely N-dealkylation sites (tertiary alicyclic amines) is 2. The van der Waals surface area contributed by atoms with Crippen molar-refractivity contribution in [1.29, 1.82) is 0 Å². The van der Waals surface area contributed by atoms with Crippen LogP contribution >= 0.6 is 0 Å². The van der Waals surface area contributed by atoms with E-state index in [1.807, 2.05) is 39.8 Å². The number of carbonyl (C=O) groups is 2. The molecule has 0 aliphatic carbocycles. The van der Waals surface area contributed by atoms with E-state index in [0.717, 1.165) is 74.5 Å². The maximum absolute atomic E-state index is 12.8. The van der Waals surface area contributed by atoms with Crippen molar-refractivity contribution in [3.63, 3.8) is 0 Å². The topological polar surface area (TPSA) is 74.7 Å². The van der Waals surface area contributed by atoms with E-state index in [9.17, 15) is 14.4 Å². The molecule has 174 valence electrons. The molecule has 7 heteroatoms. The molecule has 2 unspecified atom stereocenters. The number of piperidine rings is 2. The van der Waals surface area contributed by atoms with Crippen molar-refractivity contribution in [2.45, 2.75) is 51.6 Å². The Morgan fingerprint density at radius 1 is 0.939 bits per heavy atom. The maximum atomic E-state index is 12.8. The number of fused-ring (bicyclic) bond motifs is 4. The van der Waals surface area contributed by atoms with Gasteiger partial charge in [0.1, 0.15) is 0 Å². The molecule has 2 saturated heterocycles. The number of nitrogens with one attached hydrogen (secondary N) is 1. The zero-order chi connectivity index (χ0) is 23.1. The average Bonchev–Trinajstić information content (AvgIpc) is 2.80. The fourth-order valence-electron chi connectivity index (χ4n) is 6.08. The minimum Gasteiger partial charge on any atom is -0.343 e. The van der Waals surface area contributed by atoms with Crippen molar-refractivity contribution in [2.75, 3.05) is 31.5 Å². The Hall–Kier alpha value is -2.93. The summed E-state index contributed by atoms with van der Waals surface area (Å²) in [7, 11) is 0. The second-order valence-electron chi connectivity index (χ2n) is 9.83. The van der Waals surface area contributed by atoms with Gasteiger partial charge < -0.3 is 14.8 Å². The van der Waals surface area contributed by atoms with Gasteiger partial charge in [-0.15, -0.1) is 0 Å². The highest BCUT2D eigenvalue weighted by molar-refractivity contribution is 5.89. The third kappa shape index (κ3) is 4.34. The minimum atomic E-state index is -0.0890. The van der Waals surface area contributed by atoms with E-state index < -0.39 is 0 Å². The molecule has 3 aliphatic heterocycles. The number of pyridine rings is 1. The van der Waals surface area contributed by atoms with E-state index >= 15 is 0 Å². The molecule has 0 saturated carbocycles. The van der Waals surface area contributed by atoms with Crippen molar-refractivity contribution in [3.05, 3.63) is 52.4 Å². The van der Waals surface area contributed by atoms with Crippen LogP contribution in [-0.2, 0) is 16.1 Å². The molecule has 2 atom stereocenters. The summed E-state index contributed by atoms with van der Waals surface area (Å²) in [5.74, 6) is 0.889. The second-order valence-corrected chi connectivity index (χ2v) is 9.83. The quantitative estimate of drug-likeness (QED) is 0.784. The first kappa shape index (κ1) is 21.9. The molecule has 2 amide bonds. The summed E-state index contributed by atoms with van der Waals surface area (Å²) in [5, 5.41) is 2.82. The second kappa shape index (κ2) is 8.78. The molecule has 5 rings (SSSR count). The van der Waals surface area contributed by atoms with Crippen LogP contribution in [0.25, 0.3) is 11.1 Å². The Balaban J connectivity index is 1.42. The number of nitrogens with zero attached hydrogens (tertiary/aromatic N) is 3. The Bertz CT molecular complexity index is 1120. The van der Waals surface area contributed by atoms with Gasteiger partial charge in [-0.2, -0.15) is 0 Å². The number of anilines is 1. The van der Waals surface area contributed by atoms with E-state index in [1.165, 1.54) is 6.92 Å². The van der Waals surface area contributed by atoms with Crippen LogP contribution in [0.2, 0.25) is 0 Å². The standard InChI is InChI=1S/C26H32N4O3/c1-17(31)27-22-5-3-20(4-6-22)24-7-8-25(33)30-15-19-13-21(26(24)30)16-29(14-19)23-9-11-28(12-10-23)18(2)32/h3-8,19,21,23H,9-16H2,1-2H3,(H,27,31). The van der Waals surface area contributed by atoms with E-state index in [2.05, 4.69) is 10.2 Å². The molecule has 0 radical (unpaired) electrons. The van der Waals surface area contributed by atoms with Gasteiger partial charge in [0.05, 0.1) is 0 Å². The molecule has 33 heavy (non-hydrogen) atoms. The highest BCUT2D eigenvalue weighted by Crippen LogP contribution is 2.41. The molecule has 4 heterocycles. The van der Waals surface area contributed by atoms with Gasteiger partial charge in [-0.1, -0.05) is 12.1 Å². The van der Waals surface area contributed by atoms with Crippen LogP contribution in [0.5, 0.6) is 0 Å². The summed E-state index contributed by atoms with van der Waals surface area (Å²) in [6.45, 7) is 7.60. The van der Waals surface area contributed by atoms with Gasteiger partial charge in [-0.3, -0.25) is 19.3 Å². The smallest absolute Gasteiger partial charge is 0.250 e. The molecule has 1 aromatic heterocycles. The number of amides is 2. The highest BCUT2D eigenvalue weighted by atomic mass is 16.2. The number of rotatable bonds is 3. The summed E-state index contributed by atoms with van der Waals surface area (Å²) < 4.78 is 2.01. The molecule has 2 fully saturated rings. The third-order valence-corrected chi connectivity index (χ3v) is 7.56. The van der Waals surface area contributed by atoms with E-state index in [0.29, 0.717) is 17.9 Å². The molecular weight excluding hydrogens is 416 g/mol. The molecule has 0 spiro atoms. The maximum Gasteiger partial charge on any atom is 0.250 e. The average molecular weight is 449 g/mol. The lowest BCUT2D eigenvalue weighted by atomic mass is 9.79. The summed E-state index contributed by atoms with van der Waals surface area (Å²) in [6, 6.07) is 12.0. The van der Waals surface area contributed by atoms with Gasteiger partial charge in [0, 0.05) is 81.5 Å². The summed E-state index contributed by atoms with van der Waals surface area (Å²) >= 11 is 0. The molecule has 1 N–H and O–H groups in total. The van der Waals surface area contributed by atoms with Gasteiger partial charge in [-0.25, -0.2) is 0 Å². The lowest BCUT2D eigenvalue weighted by Crippen LogP contribution is -2.53. The van der Waals surface area contributed by atoms with Crippen LogP contribution in [-0.4, -0.2) is 58.4 Å². The van der Waals surface area contributed by atoms with Crippen LogP contribution in [0.4, 0.5) is 5.69 Å². The lowest BCUT2D eigenvalue weighted by Gasteiger charge is -2.48. The van der Waals surface area contributed by atoms with Crippen molar-refractivity contribution in [3.8, 4) is 11.1 Å². The van der Waals surface area contributed by atoms with E-state index in [1.54, 1.807) is 13.0 Å². The molecule has 1 aromatic carbocycles. The van der Waals surface area contributed by atoms with Crippen molar-refractivity contribution in [2.24, 2.45) is 5.92 Å². The van der Waals surface area contributed by atoms with E-state index in [-0.39, 0.29) is 17.4 Å². The number of aromatic nitrogens is 1. The zero-order valence-corrected chi connectivity index (χ0v) is 19.4. The number of hydrogen-bond acceptors (Lipinski definition) is 4. The van der Waals surface area contributed by atoms with Gasteiger partial charge in [0.25, 0.3) is 5.56 Å². The SMILES string of the molecule is CC(=O)Nc1ccc(-c2ccc(=O)n3c2C2CC(CN(C4CCN(C(C)=O)CC4)C2)C3)cc1. The Morgan fingerprint density at radius 2 is 1.67 bits per heavy atom. The largest absolute Gasteiger partial charge is 0.343 e. The fourth-order valence-corrected chi connectivity index (χ4v) is 6.08. The monoisotopic (exact) mass is 448 g/mol. The zero-order valence-electron chi connectivity index (χ0n) is 19.4. The summed E-state index contributed by atoms with van der Waals surface area (Å²) in [6.07, 6.45) is 3.17. The highest BCUT2D eigenvalue weighted by Gasteiger charge is 2.39. The van der Waals surface area contributed by atoms with Crippen LogP contribution in [0.15, 0.2) is 41.2 Å².